The number of thioether (sulfide) groups is 1. The lowest BCUT2D eigenvalue weighted by molar-refractivity contribution is 0.388. The molecule has 6 nitrogen and oxygen atoms in total. The van der Waals surface area contributed by atoms with Crippen LogP contribution >= 0.6 is 11.8 Å². The molecule has 1 aromatic heterocycles. The van der Waals surface area contributed by atoms with Crippen molar-refractivity contribution in [3.05, 3.63) is 98.8 Å². The molecular formula is C25H23N3O3S. The number of nitriles is 1. The van der Waals surface area contributed by atoms with Gasteiger partial charge in [0.2, 0.25) is 5.88 Å². The van der Waals surface area contributed by atoms with Gasteiger partial charge in [-0.15, -0.1) is 11.8 Å². The molecule has 0 saturated heterocycles. The van der Waals surface area contributed by atoms with Crippen molar-refractivity contribution in [3.63, 3.8) is 0 Å². The molecule has 0 bridgehead atoms. The number of benzene rings is 2. The summed E-state index contributed by atoms with van der Waals surface area (Å²) in [5.74, 6) is 0.523. The number of ether oxygens (including phenoxy) is 2. The second-order valence-corrected chi connectivity index (χ2v) is 8.34. The van der Waals surface area contributed by atoms with Crippen molar-refractivity contribution in [1.29, 1.82) is 5.26 Å². The first-order valence-electron chi connectivity index (χ1n) is 10.1. The third kappa shape index (κ3) is 3.74. The quantitative estimate of drug-likeness (QED) is 0.593. The zero-order chi connectivity index (χ0) is 22.8. The smallest absolute Gasteiger partial charge is 0.259 e. The summed E-state index contributed by atoms with van der Waals surface area (Å²) in [6.07, 6.45) is 2.00. The highest BCUT2D eigenvalue weighted by molar-refractivity contribution is 7.98. The Kier molecular flexibility index (Phi) is 5.97. The van der Waals surface area contributed by atoms with E-state index in [1.54, 1.807) is 29.5 Å². The Labute approximate surface area is 190 Å². The zero-order valence-electron chi connectivity index (χ0n) is 18.1. The molecule has 0 saturated carbocycles. The van der Waals surface area contributed by atoms with Crippen LogP contribution in [-0.4, -0.2) is 17.9 Å². The topological polar surface area (TPSA) is 90.3 Å². The zero-order valence-corrected chi connectivity index (χ0v) is 18.9. The molecule has 0 unspecified atom stereocenters. The van der Waals surface area contributed by atoms with Crippen LogP contribution in [0.15, 0.2) is 75.7 Å². The number of methoxy groups -OCH3 is 1. The summed E-state index contributed by atoms with van der Waals surface area (Å²) in [5.41, 5.74) is 8.95. The van der Waals surface area contributed by atoms with Crippen LogP contribution in [0.5, 0.6) is 11.5 Å². The Balaban J connectivity index is 1.90. The molecular weight excluding hydrogens is 422 g/mol. The van der Waals surface area contributed by atoms with Crippen molar-refractivity contribution in [1.82, 2.24) is 4.57 Å². The van der Waals surface area contributed by atoms with E-state index in [1.165, 1.54) is 0 Å². The van der Waals surface area contributed by atoms with Crippen molar-refractivity contribution in [2.24, 2.45) is 5.73 Å². The normalized spacial score (nSPS) is 15.0. The Hall–Kier alpha value is -3.63. The fraction of sp³-hybridized carbons (Fsp3) is 0.200. The highest BCUT2D eigenvalue weighted by Gasteiger charge is 2.34. The lowest BCUT2D eigenvalue weighted by Gasteiger charge is -2.27. The lowest BCUT2D eigenvalue weighted by atomic mass is 9.84. The van der Waals surface area contributed by atoms with E-state index < -0.39 is 5.92 Å². The van der Waals surface area contributed by atoms with Gasteiger partial charge in [0, 0.05) is 22.2 Å². The predicted molar refractivity (Wildman–Crippen MR) is 125 cm³/mol. The molecule has 0 fully saturated rings. The maximum atomic E-state index is 13.8. The SMILES string of the molecule is COc1ccccc1Cn1c(C)cc2c(c1=O)[C@H](c1ccc(SC)cc1)C(C#N)=C(N)O2. The van der Waals surface area contributed by atoms with E-state index in [1.807, 2.05) is 61.7 Å². The third-order valence-electron chi connectivity index (χ3n) is 5.66. The van der Waals surface area contributed by atoms with Gasteiger partial charge in [0.15, 0.2) is 0 Å². The molecule has 2 heterocycles. The van der Waals surface area contributed by atoms with Gasteiger partial charge in [0.1, 0.15) is 23.1 Å². The molecule has 4 rings (SSSR count). The van der Waals surface area contributed by atoms with Crippen molar-refractivity contribution < 1.29 is 9.47 Å². The van der Waals surface area contributed by atoms with Crippen LogP contribution in [0.25, 0.3) is 0 Å². The molecule has 7 heteroatoms. The molecule has 1 atom stereocenters. The molecule has 1 aliphatic rings. The molecule has 1 aliphatic heterocycles. The number of para-hydroxylation sites is 1. The number of allylic oxidation sites excluding steroid dienone is 1. The summed E-state index contributed by atoms with van der Waals surface area (Å²) < 4.78 is 12.9. The van der Waals surface area contributed by atoms with Crippen LogP contribution in [0.4, 0.5) is 0 Å². The van der Waals surface area contributed by atoms with Gasteiger partial charge in [-0.05, 0) is 36.9 Å². The molecule has 162 valence electrons. The monoisotopic (exact) mass is 445 g/mol. The summed E-state index contributed by atoms with van der Waals surface area (Å²) in [7, 11) is 1.61. The Morgan fingerprint density at radius 1 is 1.22 bits per heavy atom. The summed E-state index contributed by atoms with van der Waals surface area (Å²) >= 11 is 1.63. The van der Waals surface area contributed by atoms with Crippen molar-refractivity contribution in [3.8, 4) is 17.6 Å². The number of aryl methyl sites for hydroxylation is 1. The minimum absolute atomic E-state index is 0.0280. The highest BCUT2D eigenvalue weighted by Crippen LogP contribution is 2.41. The van der Waals surface area contributed by atoms with E-state index in [9.17, 15) is 10.1 Å². The van der Waals surface area contributed by atoms with Gasteiger partial charge in [-0.3, -0.25) is 4.79 Å². The Bertz CT molecular complexity index is 1300. The number of pyridine rings is 1. The van der Waals surface area contributed by atoms with Crippen molar-refractivity contribution >= 4 is 11.8 Å². The fourth-order valence-electron chi connectivity index (χ4n) is 4.02. The van der Waals surface area contributed by atoms with Crippen molar-refractivity contribution in [2.45, 2.75) is 24.3 Å². The van der Waals surface area contributed by atoms with Crippen LogP contribution in [0.3, 0.4) is 0 Å². The number of hydrogen-bond donors (Lipinski definition) is 1. The number of hydrogen-bond acceptors (Lipinski definition) is 6. The maximum absolute atomic E-state index is 13.8. The number of nitrogens with two attached hydrogens (primary N) is 1. The van der Waals surface area contributed by atoms with Gasteiger partial charge in [-0.25, -0.2) is 0 Å². The molecule has 2 N–H and O–H groups in total. The summed E-state index contributed by atoms with van der Waals surface area (Å²) in [6.45, 7) is 2.18. The van der Waals surface area contributed by atoms with E-state index in [4.69, 9.17) is 15.2 Å². The van der Waals surface area contributed by atoms with Crippen LogP contribution < -0.4 is 20.8 Å². The first-order valence-corrected chi connectivity index (χ1v) is 11.3. The number of nitrogens with zero attached hydrogens (tertiary/aromatic N) is 2. The van der Waals surface area contributed by atoms with E-state index in [2.05, 4.69) is 6.07 Å². The Morgan fingerprint density at radius 3 is 2.59 bits per heavy atom. The first-order chi connectivity index (χ1) is 15.5. The molecule has 32 heavy (non-hydrogen) atoms. The van der Waals surface area contributed by atoms with E-state index in [0.29, 0.717) is 23.6 Å². The van der Waals surface area contributed by atoms with Gasteiger partial charge in [-0.2, -0.15) is 5.26 Å². The Morgan fingerprint density at radius 2 is 1.94 bits per heavy atom. The minimum Gasteiger partial charge on any atom is -0.496 e. The molecule has 3 aromatic rings. The second-order valence-electron chi connectivity index (χ2n) is 7.46. The highest BCUT2D eigenvalue weighted by atomic mass is 32.2. The van der Waals surface area contributed by atoms with Gasteiger partial charge < -0.3 is 19.8 Å². The molecule has 0 radical (unpaired) electrons. The van der Waals surface area contributed by atoms with Crippen LogP contribution in [0.2, 0.25) is 0 Å². The van der Waals surface area contributed by atoms with Gasteiger partial charge in [0.25, 0.3) is 5.56 Å². The standard InChI is InChI=1S/C25H23N3O3S/c1-15-12-21-23(25(29)28(15)14-17-6-4-5-7-20(17)30-2)22(19(13-26)24(27)31-21)16-8-10-18(32-3)11-9-16/h4-12,22H,14,27H2,1-3H3/t22-/m1/s1. The molecule has 0 spiro atoms. The average Bonchev–Trinajstić information content (AvgIpc) is 2.81. The third-order valence-corrected chi connectivity index (χ3v) is 6.40. The first kappa shape index (κ1) is 21.6. The van der Waals surface area contributed by atoms with E-state index in [-0.39, 0.29) is 17.0 Å². The summed E-state index contributed by atoms with van der Waals surface area (Å²) in [6, 6.07) is 19.4. The minimum atomic E-state index is -0.600. The molecule has 0 amide bonds. The predicted octanol–water partition coefficient (Wildman–Crippen LogP) is 4.15. The van der Waals surface area contributed by atoms with Gasteiger partial charge >= 0.3 is 0 Å². The van der Waals surface area contributed by atoms with Crippen LogP contribution in [-0.2, 0) is 6.54 Å². The van der Waals surface area contributed by atoms with Gasteiger partial charge in [0.05, 0.1) is 25.1 Å². The summed E-state index contributed by atoms with van der Waals surface area (Å²) in [4.78, 5) is 14.9. The van der Waals surface area contributed by atoms with Gasteiger partial charge in [-0.1, -0.05) is 30.3 Å². The molecule has 2 aromatic carbocycles. The number of fused-ring (bicyclic) bond motifs is 1. The van der Waals surface area contributed by atoms with E-state index in [0.717, 1.165) is 21.7 Å². The van der Waals surface area contributed by atoms with Crippen LogP contribution in [0.1, 0.15) is 28.3 Å². The fourth-order valence-corrected chi connectivity index (χ4v) is 4.42. The van der Waals surface area contributed by atoms with Crippen molar-refractivity contribution in [2.75, 3.05) is 13.4 Å². The van der Waals surface area contributed by atoms with E-state index >= 15 is 0 Å². The second kappa shape index (κ2) is 8.85. The summed E-state index contributed by atoms with van der Waals surface area (Å²) in [5, 5.41) is 9.84. The number of aromatic nitrogens is 1. The largest absolute Gasteiger partial charge is 0.496 e. The van der Waals surface area contributed by atoms with Crippen LogP contribution in [0, 0.1) is 18.3 Å². The molecule has 0 aliphatic carbocycles. The maximum Gasteiger partial charge on any atom is 0.259 e. The average molecular weight is 446 g/mol. The number of rotatable bonds is 5. The lowest BCUT2D eigenvalue weighted by Crippen LogP contribution is -2.33.